The van der Waals surface area contributed by atoms with E-state index in [1.807, 2.05) is 13.0 Å². The van der Waals surface area contributed by atoms with Gasteiger partial charge in [-0.1, -0.05) is 78.1 Å². The number of rotatable bonds is 10. The van der Waals surface area contributed by atoms with Crippen molar-refractivity contribution in [3.8, 4) is 0 Å². The van der Waals surface area contributed by atoms with Gasteiger partial charge in [0.05, 0.1) is 16.0 Å². The lowest BCUT2D eigenvalue weighted by molar-refractivity contribution is -0.116. The summed E-state index contributed by atoms with van der Waals surface area (Å²) >= 11 is 19.7. The van der Waals surface area contributed by atoms with Crippen molar-refractivity contribution in [2.24, 2.45) is 0 Å². The van der Waals surface area contributed by atoms with Crippen molar-refractivity contribution in [1.29, 1.82) is 0 Å². The second kappa shape index (κ2) is 14.9. The van der Waals surface area contributed by atoms with Gasteiger partial charge in [-0.05, 0) is 78.7 Å². The molecule has 0 saturated carbocycles. The van der Waals surface area contributed by atoms with Crippen LogP contribution in [0.15, 0.2) is 108 Å². The molecule has 0 heterocycles. The molecule has 42 heavy (non-hydrogen) atoms. The summed E-state index contributed by atoms with van der Waals surface area (Å²) in [6.45, 7) is 1.91. The molecule has 4 rings (SSSR count). The zero-order valence-corrected chi connectivity index (χ0v) is 25.5. The molecule has 0 fully saturated rings. The SMILES string of the molecule is CCC(Sc1cccc(NC(=O)/C(=C/c2cccc(Cl)c2)NC(=O)c2ccccc2)c1)C(=O)Nc1cc(Cl)ccc1Cl. The molecule has 1 atom stereocenters. The molecule has 3 N–H and O–H groups in total. The van der Waals surface area contributed by atoms with Gasteiger partial charge in [-0.15, -0.1) is 11.8 Å². The Bertz CT molecular complexity index is 1630. The molecule has 214 valence electrons. The highest BCUT2D eigenvalue weighted by molar-refractivity contribution is 8.00. The number of carbonyl (C=O) groups is 3. The first-order chi connectivity index (χ1) is 20.2. The summed E-state index contributed by atoms with van der Waals surface area (Å²) in [6, 6.07) is 27.5. The first-order valence-electron chi connectivity index (χ1n) is 12.9. The molecule has 0 saturated heterocycles. The summed E-state index contributed by atoms with van der Waals surface area (Å²) in [7, 11) is 0. The van der Waals surface area contributed by atoms with Gasteiger partial charge >= 0.3 is 0 Å². The largest absolute Gasteiger partial charge is 0.324 e. The first-order valence-corrected chi connectivity index (χ1v) is 14.9. The molecule has 3 amide bonds. The number of anilines is 2. The van der Waals surface area contributed by atoms with Crippen LogP contribution in [0.2, 0.25) is 15.1 Å². The molecule has 0 radical (unpaired) electrons. The van der Waals surface area contributed by atoms with Crippen LogP contribution in [-0.4, -0.2) is 23.0 Å². The van der Waals surface area contributed by atoms with Crippen LogP contribution in [0.1, 0.15) is 29.3 Å². The van der Waals surface area contributed by atoms with E-state index in [4.69, 9.17) is 34.8 Å². The smallest absolute Gasteiger partial charge is 0.272 e. The van der Waals surface area contributed by atoms with Gasteiger partial charge in [0.15, 0.2) is 0 Å². The van der Waals surface area contributed by atoms with E-state index in [9.17, 15) is 14.4 Å². The van der Waals surface area contributed by atoms with Crippen molar-refractivity contribution >= 4 is 81.7 Å². The Morgan fingerprint density at radius 3 is 2.29 bits per heavy atom. The van der Waals surface area contributed by atoms with Crippen LogP contribution in [0.3, 0.4) is 0 Å². The highest BCUT2D eigenvalue weighted by Crippen LogP contribution is 2.31. The van der Waals surface area contributed by atoms with E-state index in [-0.39, 0.29) is 11.6 Å². The van der Waals surface area contributed by atoms with E-state index >= 15 is 0 Å². The number of amides is 3. The quantitative estimate of drug-likeness (QED) is 0.120. The third-order valence-corrected chi connectivity index (χ3v) is 8.07. The number of hydrogen-bond donors (Lipinski definition) is 3. The number of hydrogen-bond acceptors (Lipinski definition) is 4. The van der Waals surface area contributed by atoms with Crippen molar-refractivity contribution < 1.29 is 14.4 Å². The van der Waals surface area contributed by atoms with Crippen molar-refractivity contribution in [3.63, 3.8) is 0 Å². The predicted molar refractivity (Wildman–Crippen MR) is 173 cm³/mol. The summed E-state index contributed by atoms with van der Waals surface area (Å²) < 4.78 is 0. The Morgan fingerprint density at radius 1 is 0.810 bits per heavy atom. The van der Waals surface area contributed by atoms with Crippen molar-refractivity contribution in [2.45, 2.75) is 23.5 Å². The monoisotopic (exact) mass is 637 g/mol. The number of nitrogens with one attached hydrogen (secondary N) is 3. The summed E-state index contributed by atoms with van der Waals surface area (Å²) in [5, 5.41) is 9.31. The predicted octanol–water partition coefficient (Wildman–Crippen LogP) is 8.57. The molecule has 0 aliphatic heterocycles. The van der Waals surface area contributed by atoms with Gasteiger partial charge in [-0.3, -0.25) is 14.4 Å². The second-order valence-electron chi connectivity index (χ2n) is 9.04. The summed E-state index contributed by atoms with van der Waals surface area (Å²) in [4.78, 5) is 40.1. The molecule has 1 unspecified atom stereocenters. The first kappa shape index (κ1) is 31.2. The minimum atomic E-state index is -0.526. The van der Waals surface area contributed by atoms with E-state index in [1.54, 1.807) is 97.1 Å². The number of halogens is 3. The maximum absolute atomic E-state index is 13.4. The Kier molecular flexibility index (Phi) is 11.1. The highest BCUT2D eigenvalue weighted by Gasteiger charge is 2.20. The summed E-state index contributed by atoms with van der Waals surface area (Å²) in [6.07, 6.45) is 2.10. The molecule has 0 spiro atoms. The van der Waals surface area contributed by atoms with Crippen LogP contribution < -0.4 is 16.0 Å². The Balaban J connectivity index is 1.51. The molecular formula is C32H26Cl3N3O3S. The summed E-state index contributed by atoms with van der Waals surface area (Å²) in [5.41, 5.74) is 2.01. The van der Waals surface area contributed by atoms with Gasteiger partial charge in [-0.2, -0.15) is 0 Å². The minimum Gasteiger partial charge on any atom is -0.324 e. The number of benzene rings is 4. The molecule has 10 heteroatoms. The lowest BCUT2D eigenvalue weighted by Gasteiger charge is -2.16. The van der Waals surface area contributed by atoms with E-state index in [1.165, 1.54) is 11.8 Å². The lowest BCUT2D eigenvalue weighted by atomic mass is 10.1. The van der Waals surface area contributed by atoms with Gasteiger partial charge in [0.25, 0.3) is 11.8 Å². The standard InChI is InChI=1S/C32H26Cl3N3O3S/c1-2-29(32(41)37-27-18-23(34)14-15-26(27)35)42-25-13-7-12-24(19-25)36-31(40)28(17-20-8-6-11-22(33)16-20)38-30(39)21-9-4-3-5-10-21/h3-19,29H,2H2,1H3,(H,36,40)(H,37,41)(H,38,39)/b28-17-. The maximum atomic E-state index is 13.4. The average molecular weight is 639 g/mol. The molecule has 0 aliphatic rings. The van der Waals surface area contributed by atoms with Crippen LogP contribution in [0.25, 0.3) is 6.08 Å². The van der Waals surface area contributed by atoms with Crippen molar-refractivity contribution in [1.82, 2.24) is 5.32 Å². The third kappa shape index (κ3) is 8.87. The zero-order chi connectivity index (χ0) is 30.1. The zero-order valence-electron chi connectivity index (χ0n) is 22.4. The molecule has 0 aliphatic carbocycles. The van der Waals surface area contributed by atoms with Crippen LogP contribution >= 0.6 is 46.6 Å². The van der Waals surface area contributed by atoms with E-state index < -0.39 is 17.1 Å². The van der Waals surface area contributed by atoms with Crippen LogP contribution in [0.5, 0.6) is 0 Å². The third-order valence-electron chi connectivity index (χ3n) is 5.91. The van der Waals surface area contributed by atoms with Gasteiger partial charge in [0, 0.05) is 26.2 Å². The van der Waals surface area contributed by atoms with Gasteiger partial charge < -0.3 is 16.0 Å². The molecule has 0 aromatic heterocycles. The molecule has 4 aromatic rings. The fraction of sp³-hybridized carbons (Fsp3) is 0.0938. The number of carbonyl (C=O) groups excluding carboxylic acids is 3. The maximum Gasteiger partial charge on any atom is 0.272 e. The molecule has 4 aromatic carbocycles. The van der Waals surface area contributed by atoms with E-state index in [2.05, 4.69) is 16.0 Å². The topological polar surface area (TPSA) is 87.3 Å². The highest BCUT2D eigenvalue weighted by atomic mass is 35.5. The molecule has 6 nitrogen and oxygen atoms in total. The average Bonchev–Trinajstić information content (AvgIpc) is 2.98. The summed E-state index contributed by atoms with van der Waals surface area (Å²) in [5.74, 6) is -1.18. The van der Waals surface area contributed by atoms with Crippen LogP contribution in [-0.2, 0) is 9.59 Å². The van der Waals surface area contributed by atoms with Crippen molar-refractivity contribution in [3.05, 3.63) is 129 Å². The normalized spacial score (nSPS) is 11.9. The minimum absolute atomic E-state index is 0.0355. The molecular weight excluding hydrogens is 613 g/mol. The van der Waals surface area contributed by atoms with E-state index in [0.29, 0.717) is 44.0 Å². The Labute approximate surface area is 263 Å². The second-order valence-corrected chi connectivity index (χ2v) is 11.6. The van der Waals surface area contributed by atoms with Gasteiger partial charge in [0.1, 0.15) is 5.70 Å². The van der Waals surface area contributed by atoms with Gasteiger partial charge in [0.2, 0.25) is 5.91 Å². The fourth-order valence-corrected chi connectivity index (χ4v) is 5.39. The van der Waals surface area contributed by atoms with Crippen LogP contribution in [0.4, 0.5) is 11.4 Å². The number of thioether (sulfide) groups is 1. The Morgan fingerprint density at radius 2 is 1.55 bits per heavy atom. The van der Waals surface area contributed by atoms with Crippen molar-refractivity contribution in [2.75, 3.05) is 10.6 Å². The lowest BCUT2D eigenvalue weighted by Crippen LogP contribution is -2.30. The fourth-order valence-electron chi connectivity index (χ4n) is 3.84. The Hall–Kier alpha value is -3.75. The van der Waals surface area contributed by atoms with E-state index in [0.717, 1.165) is 4.90 Å². The van der Waals surface area contributed by atoms with Crippen LogP contribution in [0, 0.1) is 0 Å². The molecule has 0 bridgehead atoms. The van der Waals surface area contributed by atoms with Gasteiger partial charge in [-0.25, -0.2) is 0 Å².